The van der Waals surface area contributed by atoms with E-state index in [0.717, 1.165) is 83.7 Å². The lowest BCUT2D eigenvalue weighted by molar-refractivity contribution is -0.145. The monoisotopic (exact) mass is 778 g/mol. The average molecular weight is 778 g/mol. The fourth-order valence-electron chi connectivity index (χ4n) is 7.74. The average Bonchev–Trinajstić information content (AvgIpc) is 3.18. The largest absolute Gasteiger partial charge is 0.368 e. The first-order chi connectivity index (χ1) is 26.3. The van der Waals surface area contributed by atoms with Gasteiger partial charge in [0.1, 0.15) is 18.1 Å². The van der Waals surface area contributed by atoms with Crippen molar-refractivity contribution < 1.29 is 28.8 Å². The van der Waals surface area contributed by atoms with Crippen LogP contribution in [-0.4, -0.2) is 122 Å². The first kappa shape index (κ1) is 47.9. The maximum Gasteiger partial charge on any atom is 0.243 e. The molecule has 1 heterocycles. The summed E-state index contributed by atoms with van der Waals surface area (Å²) >= 11 is 0. The van der Waals surface area contributed by atoms with E-state index in [0.29, 0.717) is 32.4 Å². The third-order valence-corrected chi connectivity index (χ3v) is 11.3. The standard InChI is InChI=1S/C40H75N9O6/c1-7-10-18-33(49(23-11-8-2)26-28(5)45-36(51)27(4)25-44-37(52)30-19-21-43-22-20-30)40(55)48(6)32(15-9-3)38(53)47-34(29-16-13-12-14-17-29)39(54)46-31(24-41)35(42)50/h27-34,43H,7-26,41H2,1-6H3,(H2,42,50)(H,44,52)(H,45,51)(H,46,54)(H,47,53)/t27-,28+,31-,32-,33-,34-/m0/s1. The quantitative estimate of drug-likeness (QED) is 0.0714. The highest BCUT2D eigenvalue weighted by molar-refractivity contribution is 5.94. The fourth-order valence-corrected chi connectivity index (χ4v) is 7.74. The number of hydrogen-bond donors (Lipinski definition) is 7. The minimum Gasteiger partial charge on any atom is -0.368 e. The highest BCUT2D eigenvalue weighted by Crippen LogP contribution is 2.27. The summed E-state index contributed by atoms with van der Waals surface area (Å²) in [6.07, 6.45) is 11.1. The van der Waals surface area contributed by atoms with Crippen LogP contribution in [0, 0.1) is 17.8 Å². The molecule has 0 aromatic carbocycles. The zero-order valence-electron chi connectivity index (χ0n) is 34.8. The van der Waals surface area contributed by atoms with E-state index in [-0.39, 0.29) is 48.7 Å². The van der Waals surface area contributed by atoms with E-state index in [1.807, 2.05) is 13.8 Å². The molecule has 1 saturated heterocycles. The van der Waals surface area contributed by atoms with Crippen LogP contribution in [0.2, 0.25) is 0 Å². The van der Waals surface area contributed by atoms with Crippen molar-refractivity contribution in [3.05, 3.63) is 0 Å². The number of amides is 6. The summed E-state index contributed by atoms with van der Waals surface area (Å²) in [4.78, 5) is 83.8. The van der Waals surface area contributed by atoms with Gasteiger partial charge in [-0.3, -0.25) is 33.7 Å². The van der Waals surface area contributed by atoms with Gasteiger partial charge in [0.15, 0.2) is 0 Å². The van der Waals surface area contributed by atoms with Crippen LogP contribution < -0.4 is 38.1 Å². The van der Waals surface area contributed by atoms with Crippen molar-refractivity contribution in [2.24, 2.45) is 29.2 Å². The third kappa shape index (κ3) is 16.0. The van der Waals surface area contributed by atoms with Crippen molar-refractivity contribution in [3.8, 4) is 0 Å². The molecule has 0 unspecified atom stereocenters. The number of hydrogen-bond acceptors (Lipinski definition) is 9. The Hall–Kier alpha value is -3.30. The van der Waals surface area contributed by atoms with E-state index >= 15 is 0 Å². The number of carbonyl (C=O) groups excluding carboxylic acids is 6. The van der Waals surface area contributed by atoms with Crippen LogP contribution in [0.25, 0.3) is 0 Å². The van der Waals surface area contributed by atoms with E-state index in [9.17, 15) is 28.8 Å². The Balaban J connectivity index is 2.23. The Morgan fingerprint density at radius 3 is 2.02 bits per heavy atom. The van der Waals surface area contributed by atoms with Gasteiger partial charge in [-0.25, -0.2) is 0 Å². The molecule has 2 aliphatic rings. The van der Waals surface area contributed by atoms with E-state index in [1.165, 1.54) is 4.90 Å². The Morgan fingerprint density at radius 1 is 0.782 bits per heavy atom. The zero-order chi connectivity index (χ0) is 40.9. The minimum atomic E-state index is -1.06. The second-order valence-corrected chi connectivity index (χ2v) is 15.9. The van der Waals surface area contributed by atoms with Gasteiger partial charge in [-0.05, 0) is 77.4 Å². The molecule has 15 nitrogen and oxygen atoms in total. The van der Waals surface area contributed by atoms with Crippen molar-refractivity contribution in [2.45, 2.75) is 155 Å². The predicted molar refractivity (Wildman–Crippen MR) is 215 cm³/mol. The highest BCUT2D eigenvalue weighted by atomic mass is 16.2. The van der Waals surface area contributed by atoms with Crippen LogP contribution in [0.5, 0.6) is 0 Å². The summed E-state index contributed by atoms with van der Waals surface area (Å²) in [7, 11) is 1.66. The van der Waals surface area contributed by atoms with Gasteiger partial charge in [0.2, 0.25) is 35.4 Å². The lowest BCUT2D eigenvalue weighted by atomic mass is 9.83. The van der Waals surface area contributed by atoms with Crippen molar-refractivity contribution in [1.29, 1.82) is 0 Å². The number of unbranched alkanes of at least 4 members (excludes halogenated alkanes) is 2. The van der Waals surface area contributed by atoms with Crippen molar-refractivity contribution >= 4 is 35.4 Å². The first-order valence-corrected chi connectivity index (χ1v) is 21.2. The molecule has 2 fully saturated rings. The Kier molecular flexibility index (Phi) is 22.4. The predicted octanol–water partition coefficient (Wildman–Crippen LogP) is 1.52. The molecule has 2 rings (SSSR count). The first-order valence-electron chi connectivity index (χ1n) is 21.2. The number of nitrogens with two attached hydrogens (primary N) is 2. The molecule has 1 aliphatic carbocycles. The Bertz CT molecular complexity index is 1210. The number of nitrogens with one attached hydrogen (secondary N) is 5. The van der Waals surface area contributed by atoms with Crippen LogP contribution in [0.1, 0.15) is 125 Å². The van der Waals surface area contributed by atoms with Crippen LogP contribution in [0.3, 0.4) is 0 Å². The highest BCUT2D eigenvalue weighted by Gasteiger charge is 2.38. The summed E-state index contributed by atoms with van der Waals surface area (Å²) in [6, 6.07) is -3.58. The van der Waals surface area contributed by atoms with E-state index in [2.05, 4.69) is 45.3 Å². The molecule has 0 aromatic rings. The van der Waals surface area contributed by atoms with Gasteiger partial charge in [-0.2, -0.15) is 0 Å². The second-order valence-electron chi connectivity index (χ2n) is 15.9. The van der Waals surface area contributed by atoms with Gasteiger partial charge < -0.3 is 43.0 Å². The summed E-state index contributed by atoms with van der Waals surface area (Å²) < 4.78 is 0. The molecule has 15 heteroatoms. The Morgan fingerprint density at radius 2 is 1.44 bits per heavy atom. The SMILES string of the molecule is CCCC[C@@H](C(=O)N(C)[C@@H](CCC)C(=O)N[C@H](C(=O)N[C@@H](CN)C(N)=O)C1CCCCC1)N(CCCC)C[C@@H](C)NC(=O)[C@@H](C)CNC(=O)C1CCNCC1. The van der Waals surface area contributed by atoms with Gasteiger partial charge in [0.25, 0.3) is 0 Å². The van der Waals surface area contributed by atoms with Crippen molar-refractivity contribution in [3.63, 3.8) is 0 Å². The molecule has 55 heavy (non-hydrogen) atoms. The topological polar surface area (TPSA) is 221 Å². The Labute approximate surface area is 330 Å². The minimum absolute atomic E-state index is 0.00696. The van der Waals surface area contributed by atoms with Gasteiger partial charge in [-0.1, -0.05) is 72.6 Å². The van der Waals surface area contributed by atoms with Crippen LogP contribution >= 0.6 is 0 Å². The van der Waals surface area contributed by atoms with Crippen molar-refractivity contribution in [1.82, 2.24) is 36.4 Å². The van der Waals surface area contributed by atoms with E-state index in [1.54, 1.807) is 14.0 Å². The maximum absolute atomic E-state index is 14.6. The van der Waals surface area contributed by atoms with Crippen LogP contribution in [0.4, 0.5) is 0 Å². The van der Waals surface area contributed by atoms with Gasteiger partial charge in [-0.15, -0.1) is 0 Å². The molecule has 0 aromatic heterocycles. The molecule has 0 bridgehead atoms. The number of primary amides is 1. The number of nitrogens with zero attached hydrogens (tertiary/aromatic N) is 2. The van der Waals surface area contributed by atoms with E-state index in [4.69, 9.17) is 11.5 Å². The smallest absolute Gasteiger partial charge is 0.243 e. The zero-order valence-corrected chi connectivity index (χ0v) is 34.8. The number of rotatable bonds is 25. The molecule has 316 valence electrons. The number of carbonyl (C=O) groups is 6. The molecule has 1 aliphatic heterocycles. The summed E-state index contributed by atoms with van der Waals surface area (Å²) in [5.74, 6) is -2.59. The third-order valence-electron chi connectivity index (χ3n) is 11.3. The molecule has 0 spiro atoms. The van der Waals surface area contributed by atoms with Gasteiger partial charge in [0.05, 0.1) is 12.0 Å². The van der Waals surface area contributed by atoms with Gasteiger partial charge in [0, 0.05) is 38.6 Å². The fraction of sp³-hybridized carbons (Fsp3) is 0.850. The maximum atomic E-state index is 14.6. The van der Waals surface area contributed by atoms with Crippen LogP contribution in [-0.2, 0) is 28.8 Å². The summed E-state index contributed by atoms with van der Waals surface area (Å²) in [5, 5.41) is 15.0. The molecular formula is C40H75N9O6. The van der Waals surface area contributed by atoms with Gasteiger partial charge >= 0.3 is 0 Å². The van der Waals surface area contributed by atoms with E-state index < -0.39 is 47.8 Å². The molecule has 6 atom stereocenters. The lowest BCUT2D eigenvalue weighted by Gasteiger charge is -2.38. The molecule has 1 saturated carbocycles. The molecule has 0 radical (unpaired) electrons. The summed E-state index contributed by atoms with van der Waals surface area (Å²) in [5.41, 5.74) is 11.2. The van der Waals surface area contributed by atoms with Crippen molar-refractivity contribution in [2.75, 3.05) is 46.3 Å². The number of likely N-dealkylation sites (N-methyl/N-ethyl adjacent to an activating group) is 1. The van der Waals surface area contributed by atoms with Crippen LogP contribution in [0.15, 0.2) is 0 Å². The number of piperidine rings is 1. The summed E-state index contributed by atoms with van der Waals surface area (Å²) in [6.45, 7) is 12.7. The second kappa shape index (κ2) is 25.8. The normalized spacial score (nSPS) is 18.6. The molecular weight excluding hydrogens is 702 g/mol. The molecule has 6 amide bonds. The molecule has 9 N–H and O–H groups in total. The lowest BCUT2D eigenvalue weighted by Crippen LogP contribution is -2.61.